The third-order valence-corrected chi connectivity index (χ3v) is 7.73. The first-order chi connectivity index (χ1) is 19.6. The Labute approximate surface area is 238 Å². The summed E-state index contributed by atoms with van der Waals surface area (Å²) in [7, 11) is 0. The Morgan fingerprint density at radius 1 is 1.00 bits per heavy atom. The first-order valence-electron chi connectivity index (χ1n) is 12.8. The Balaban J connectivity index is 1.19. The van der Waals surface area contributed by atoms with Crippen LogP contribution in [0.25, 0.3) is 0 Å². The van der Waals surface area contributed by atoms with Crippen LogP contribution in [0.4, 0.5) is 4.79 Å². The molecule has 15 nitrogen and oxygen atoms in total. The quantitative estimate of drug-likeness (QED) is 0.341. The molecule has 0 bridgehead atoms. The maximum Gasteiger partial charge on any atom is 0.415 e. The normalized spacial score (nSPS) is 23.6. The summed E-state index contributed by atoms with van der Waals surface area (Å²) >= 11 is 6.01. The third-order valence-electron chi connectivity index (χ3n) is 7.48. The van der Waals surface area contributed by atoms with Crippen molar-refractivity contribution in [1.29, 1.82) is 0 Å². The summed E-state index contributed by atoms with van der Waals surface area (Å²) in [5.74, 6) is -0.754. The molecule has 218 valence electrons. The van der Waals surface area contributed by atoms with E-state index in [2.05, 4.69) is 14.7 Å². The Hall–Kier alpha value is -4.24. The van der Waals surface area contributed by atoms with Crippen LogP contribution in [0.5, 0.6) is 5.75 Å². The summed E-state index contributed by atoms with van der Waals surface area (Å²) in [4.78, 5) is 64.1. The molecular weight excluding hydrogens is 566 g/mol. The van der Waals surface area contributed by atoms with Gasteiger partial charge < -0.3 is 28.9 Å². The smallest absolute Gasteiger partial charge is 0.408 e. The highest BCUT2D eigenvalue weighted by Gasteiger charge is 2.44. The topological polar surface area (TPSA) is 177 Å². The van der Waals surface area contributed by atoms with Crippen LogP contribution < -0.4 is 4.74 Å². The molecule has 2 unspecified atom stereocenters. The molecule has 1 saturated heterocycles. The van der Waals surface area contributed by atoms with Crippen LogP contribution >= 0.6 is 11.6 Å². The molecule has 2 aliphatic heterocycles. The first kappa shape index (κ1) is 28.3. The SMILES string of the molecule is Cc1ncc2c(c1OC(=O)N1CCN(C(=O)C3CC(O[N+](=O)[O-])C(O[N+](=O)[O-])C3)CC1)CO[C@H]2c1ccc(Cl)cc1. The van der Waals surface area contributed by atoms with Gasteiger partial charge in [-0.05, 0) is 37.5 Å². The highest BCUT2D eigenvalue weighted by Crippen LogP contribution is 2.41. The minimum atomic E-state index is -1.23. The van der Waals surface area contributed by atoms with Crippen molar-refractivity contribution in [1.82, 2.24) is 14.8 Å². The lowest BCUT2D eigenvalue weighted by molar-refractivity contribution is -0.797. The summed E-state index contributed by atoms with van der Waals surface area (Å²) in [6.45, 7) is 2.73. The fraction of sp³-hybridized carbons (Fsp3) is 0.480. The predicted molar refractivity (Wildman–Crippen MR) is 138 cm³/mol. The van der Waals surface area contributed by atoms with Crippen LogP contribution in [0.1, 0.15) is 41.3 Å². The number of amides is 2. The zero-order valence-electron chi connectivity index (χ0n) is 21.8. The lowest BCUT2D eigenvalue weighted by Crippen LogP contribution is -2.52. The number of hydrogen-bond donors (Lipinski definition) is 0. The number of hydrogen-bond acceptors (Lipinski definition) is 11. The van der Waals surface area contributed by atoms with Gasteiger partial charge in [-0.15, -0.1) is 20.2 Å². The van der Waals surface area contributed by atoms with Crippen molar-refractivity contribution in [2.24, 2.45) is 5.92 Å². The molecular formula is C25H26ClN5O10. The second-order valence-electron chi connectivity index (χ2n) is 9.93. The highest BCUT2D eigenvalue weighted by atomic mass is 35.5. The van der Waals surface area contributed by atoms with Gasteiger partial charge in [-0.25, -0.2) is 4.79 Å². The van der Waals surface area contributed by atoms with Crippen LogP contribution in [0, 0.1) is 33.1 Å². The molecule has 0 spiro atoms. The number of nitrogens with zero attached hydrogens (tertiary/aromatic N) is 5. The van der Waals surface area contributed by atoms with Crippen LogP contribution in [0.3, 0.4) is 0 Å². The largest absolute Gasteiger partial charge is 0.415 e. The van der Waals surface area contributed by atoms with Gasteiger partial charge in [-0.1, -0.05) is 23.7 Å². The van der Waals surface area contributed by atoms with Crippen LogP contribution in [0.15, 0.2) is 30.5 Å². The minimum absolute atomic E-state index is 0.0922. The van der Waals surface area contributed by atoms with E-state index in [1.807, 2.05) is 12.1 Å². The van der Waals surface area contributed by atoms with Gasteiger partial charge in [0.25, 0.3) is 10.2 Å². The average Bonchev–Trinajstić information content (AvgIpc) is 3.54. The van der Waals surface area contributed by atoms with Crippen molar-refractivity contribution >= 4 is 23.6 Å². The molecule has 1 aromatic carbocycles. The molecule has 0 radical (unpaired) electrons. The maximum absolute atomic E-state index is 13.1. The number of pyridine rings is 1. The van der Waals surface area contributed by atoms with Gasteiger partial charge in [0.05, 0.1) is 12.3 Å². The van der Waals surface area contributed by atoms with Crippen molar-refractivity contribution in [3.05, 3.63) is 78.1 Å². The molecule has 2 aromatic rings. The summed E-state index contributed by atoms with van der Waals surface area (Å²) in [6, 6.07) is 7.28. The molecule has 2 fully saturated rings. The Morgan fingerprint density at radius 2 is 1.59 bits per heavy atom. The zero-order chi connectivity index (χ0) is 29.3. The Bertz CT molecular complexity index is 1330. The molecule has 1 saturated carbocycles. The van der Waals surface area contributed by atoms with E-state index in [0.29, 0.717) is 16.5 Å². The third kappa shape index (κ3) is 6.10. The maximum atomic E-state index is 13.1. The van der Waals surface area contributed by atoms with E-state index >= 15 is 0 Å². The van der Waals surface area contributed by atoms with E-state index < -0.39 is 34.4 Å². The standard InChI is InChI=1S/C25H26ClN5O10/c1-14-22(19-13-38-23(18(19)12-27-14)15-2-4-17(26)5-3-15)39-25(33)29-8-6-28(7-9-29)24(32)16-10-20(40-30(34)35)21(11-16)41-31(36)37/h2-5,12,16,20-21,23H,6-11,13H2,1H3/t16?,20?,21?,23-/m0/s1. The van der Waals surface area contributed by atoms with E-state index in [-0.39, 0.29) is 57.6 Å². The van der Waals surface area contributed by atoms with Gasteiger partial charge in [-0.2, -0.15) is 0 Å². The number of rotatable bonds is 7. The van der Waals surface area contributed by atoms with Crippen molar-refractivity contribution in [2.45, 2.75) is 44.7 Å². The van der Waals surface area contributed by atoms with E-state index in [9.17, 15) is 29.8 Å². The molecule has 3 aliphatic rings. The Morgan fingerprint density at radius 3 is 2.17 bits per heavy atom. The van der Waals surface area contributed by atoms with Crippen LogP contribution in [-0.4, -0.2) is 75.3 Å². The number of halogens is 1. The minimum Gasteiger partial charge on any atom is -0.408 e. The second-order valence-corrected chi connectivity index (χ2v) is 10.4. The number of fused-ring (bicyclic) bond motifs is 1. The number of carbonyl (C=O) groups is 2. The lowest BCUT2D eigenvalue weighted by atomic mass is 10.0. The monoisotopic (exact) mass is 591 g/mol. The molecule has 3 atom stereocenters. The lowest BCUT2D eigenvalue weighted by Gasteiger charge is -2.35. The molecule has 1 aliphatic carbocycles. The fourth-order valence-corrected chi connectivity index (χ4v) is 5.58. The van der Waals surface area contributed by atoms with Crippen molar-refractivity contribution in [3.8, 4) is 5.75 Å². The molecule has 16 heteroatoms. The highest BCUT2D eigenvalue weighted by molar-refractivity contribution is 6.30. The summed E-state index contributed by atoms with van der Waals surface area (Å²) in [6.07, 6.45) is -1.89. The number of ether oxygens (including phenoxy) is 2. The second kappa shape index (κ2) is 11.7. The number of benzene rings is 1. The predicted octanol–water partition coefficient (Wildman–Crippen LogP) is 2.87. The van der Waals surface area contributed by atoms with Gasteiger partial charge in [0.1, 0.15) is 18.3 Å². The molecule has 0 N–H and O–H groups in total. The van der Waals surface area contributed by atoms with Gasteiger partial charge >= 0.3 is 6.09 Å². The van der Waals surface area contributed by atoms with Crippen LogP contribution in [-0.2, 0) is 25.8 Å². The van der Waals surface area contributed by atoms with E-state index in [0.717, 1.165) is 16.7 Å². The number of piperazine rings is 1. The van der Waals surface area contributed by atoms with Gasteiger partial charge in [0, 0.05) is 54.4 Å². The molecule has 1 aromatic heterocycles. The van der Waals surface area contributed by atoms with E-state index in [1.54, 1.807) is 25.3 Å². The zero-order valence-corrected chi connectivity index (χ0v) is 22.6. The Kier molecular flexibility index (Phi) is 8.08. The summed E-state index contributed by atoms with van der Waals surface area (Å²) in [5, 5.41) is 20.0. The van der Waals surface area contributed by atoms with Gasteiger partial charge in [-0.3, -0.25) is 9.78 Å². The molecule has 41 heavy (non-hydrogen) atoms. The number of aryl methyl sites for hydroxylation is 1. The first-order valence-corrected chi connectivity index (χ1v) is 13.2. The summed E-state index contributed by atoms with van der Waals surface area (Å²) in [5.41, 5.74) is 2.96. The van der Waals surface area contributed by atoms with Crippen molar-refractivity contribution in [2.75, 3.05) is 26.2 Å². The van der Waals surface area contributed by atoms with E-state index in [4.69, 9.17) is 21.1 Å². The van der Waals surface area contributed by atoms with Crippen LogP contribution in [0.2, 0.25) is 5.02 Å². The van der Waals surface area contributed by atoms with Gasteiger partial charge in [0.2, 0.25) is 5.91 Å². The fourth-order valence-electron chi connectivity index (χ4n) is 5.46. The average molecular weight is 592 g/mol. The van der Waals surface area contributed by atoms with E-state index in [1.165, 1.54) is 9.80 Å². The van der Waals surface area contributed by atoms with Crippen molar-refractivity contribution < 1.29 is 38.9 Å². The molecule has 2 amide bonds. The summed E-state index contributed by atoms with van der Waals surface area (Å²) < 4.78 is 11.8. The molecule has 3 heterocycles. The number of carbonyl (C=O) groups excluding carboxylic acids is 2. The number of aromatic nitrogens is 1. The van der Waals surface area contributed by atoms with Gasteiger partial charge in [0.15, 0.2) is 5.75 Å². The van der Waals surface area contributed by atoms with Crippen molar-refractivity contribution in [3.63, 3.8) is 0 Å². The molecule has 5 rings (SSSR count).